The highest BCUT2D eigenvalue weighted by Gasteiger charge is 2.26. The van der Waals surface area contributed by atoms with Gasteiger partial charge in [-0.25, -0.2) is 0 Å². The minimum atomic E-state index is -0.492. The Balaban J connectivity index is 1.96. The average Bonchev–Trinajstić information content (AvgIpc) is 3.13. The van der Waals surface area contributed by atoms with E-state index in [0.717, 1.165) is 25.3 Å². The van der Waals surface area contributed by atoms with Gasteiger partial charge in [-0.05, 0) is 40.2 Å². The first-order chi connectivity index (χ1) is 14.3. The molecule has 0 N–H and O–H groups in total. The fourth-order valence-electron chi connectivity index (χ4n) is 4.09. The number of rotatable bonds is 12. The van der Waals surface area contributed by atoms with Crippen LogP contribution in [0.2, 0.25) is 0 Å². The van der Waals surface area contributed by atoms with E-state index in [2.05, 4.69) is 15.0 Å². The number of likely N-dealkylation sites (N-methyl/N-ethyl adjacent to an activating group) is 1. The van der Waals surface area contributed by atoms with Gasteiger partial charge in [-0.1, -0.05) is 50.1 Å². The van der Waals surface area contributed by atoms with Crippen molar-refractivity contribution >= 4 is 5.97 Å². The molecule has 1 aliphatic rings. The minimum Gasteiger partial charge on any atom is -0.460 e. The lowest BCUT2D eigenvalue weighted by atomic mass is 9.84. The van der Waals surface area contributed by atoms with Crippen LogP contribution >= 0.6 is 0 Å². The Kier molecular flexibility index (Phi) is 10.2. The zero-order chi connectivity index (χ0) is 22.0. The highest BCUT2D eigenvalue weighted by molar-refractivity contribution is 5.70. The minimum absolute atomic E-state index is 0.0889. The Hall–Kier alpha value is -1.47. The molecule has 1 aromatic heterocycles. The van der Waals surface area contributed by atoms with Gasteiger partial charge >= 0.3 is 5.97 Å². The average molecular weight is 424 g/mol. The zero-order valence-electron chi connectivity index (χ0n) is 19.6. The third kappa shape index (κ3) is 9.56. The van der Waals surface area contributed by atoms with E-state index in [4.69, 9.17) is 14.0 Å². The number of aromatic nitrogens is 2. The van der Waals surface area contributed by atoms with Crippen LogP contribution in [0.5, 0.6) is 0 Å². The fourth-order valence-corrected chi connectivity index (χ4v) is 4.09. The largest absolute Gasteiger partial charge is 0.460 e. The highest BCUT2D eigenvalue weighted by Crippen LogP contribution is 2.31. The molecular weight excluding hydrogens is 382 g/mol. The summed E-state index contributed by atoms with van der Waals surface area (Å²) in [5.41, 5.74) is -0.492. The molecule has 7 nitrogen and oxygen atoms in total. The van der Waals surface area contributed by atoms with Crippen LogP contribution in [0.3, 0.4) is 0 Å². The van der Waals surface area contributed by atoms with Gasteiger partial charge in [-0.3, -0.25) is 9.69 Å². The molecule has 0 radical (unpaired) electrons. The van der Waals surface area contributed by atoms with Gasteiger partial charge in [0.15, 0.2) is 5.82 Å². The summed E-state index contributed by atoms with van der Waals surface area (Å²) < 4.78 is 16.2. The second kappa shape index (κ2) is 12.4. The van der Waals surface area contributed by atoms with Gasteiger partial charge in [0.25, 0.3) is 0 Å². The van der Waals surface area contributed by atoms with E-state index in [9.17, 15) is 4.79 Å². The number of carbonyl (C=O) groups excluding carboxylic acids is 1. The molecule has 7 heteroatoms. The standard InChI is InChI=1S/C23H41N3O4/c1-23(2,3)29-21(27)16-19(13-9-12-18-10-7-6-8-11-18)22-24-20(25-30-22)17-26(4)14-15-28-5/h18-19H,6-17H2,1-5H3. The van der Waals surface area contributed by atoms with Crippen molar-refractivity contribution in [3.63, 3.8) is 0 Å². The molecule has 1 atom stereocenters. The highest BCUT2D eigenvalue weighted by atomic mass is 16.6. The maximum Gasteiger partial charge on any atom is 0.307 e. The first-order valence-electron chi connectivity index (χ1n) is 11.5. The van der Waals surface area contributed by atoms with Crippen molar-refractivity contribution in [1.29, 1.82) is 0 Å². The van der Waals surface area contributed by atoms with Crippen LogP contribution in [0.1, 0.15) is 96.2 Å². The molecule has 1 unspecified atom stereocenters. The third-order valence-electron chi connectivity index (χ3n) is 5.64. The lowest BCUT2D eigenvalue weighted by Crippen LogP contribution is -2.25. The Morgan fingerprint density at radius 3 is 2.67 bits per heavy atom. The van der Waals surface area contributed by atoms with Gasteiger partial charge in [0.1, 0.15) is 5.60 Å². The molecule has 1 aliphatic carbocycles. The normalized spacial score (nSPS) is 16.7. The van der Waals surface area contributed by atoms with Gasteiger partial charge in [-0.2, -0.15) is 4.98 Å². The number of hydrogen-bond donors (Lipinski definition) is 0. The number of carbonyl (C=O) groups is 1. The van der Waals surface area contributed by atoms with Gasteiger partial charge < -0.3 is 14.0 Å². The van der Waals surface area contributed by atoms with Gasteiger partial charge in [0.2, 0.25) is 5.89 Å². The SMILES string of the molecule is COCCN(C)Cc1noc(C(CCCC2CCCCC2)CC(=O)OC(C)(C)C)n1. The summed E-state index contributed by atoms with van der Waals surface area (Å²) >= 11 is 0. The van der Waals surface area contributed by atoms with Crippen LogP contribution in [0, 0.1) is 5.92 Å². The maximum absolute atomic E-state index is 12.5. The molecule has 0 aromatic carbocycles. The van der Waals surface area contributed by atoms with Crippen molar-refractivity contribution in [2.24, 2.45) is 5.92 Å². The molecule has 1 heterocycles. The van der Waals surface area contributed by atoms with Crippen molar-refractivity contribution < 1.29 is 18.8 Å². The van der Waals surface area contributed by atoms with Gasteiger partial charge in [0.05, 0.1) is 19.6 Å². The smallest absolute Gasteiger partial charge is 0.307 e. The summed E-state index contributed by atoms with van der Waals surface area (Å²) in [7, 11) is 3.69. The van der Waals surface area contributed by atoms with Crippen LogP contribution in [-0.4, -0.2) is 53.9 Å². The molecular formula is C23H41N3O4. The Bertz CT molecular complexity index is 620. The number of nitrogens with zero attached hydrogens (tertiary/aromatic N) is 3. The maximum atomic E-state index is 12.5. The Labute approximate surface area is 181 Å². The second-order valence-electron chi connectivity index (χ2n) is 9.70. The van der Waals surface area contributed by atoms with E-state index in [0.29, 0.717) is 24.9 Å². The molecule has 172 valence electrons. The topological polar surface area (TPSA) is 77.7 Å². The zero-order valence-corrected chi connectivity index (χ0v) is 19.6. The molecule has 0 spiro atoms. The van der Waals surface area contributed by atoms with E-state index >= 15 is 0 Å². The summed E-state index contributed by atoms with van der Waals surface area (Å²) in [6, 6.07) is 0. The molecule has 0 bridgehead atoms. The van der Waals surface area contributed by atoms with E-state index in [-0.39, 0.29) is 18.3 Å². The van der Waals surface area contributed by atoms with Crippen LogP contribution < -0.4 is 0 Å². The summed E-state index contributed by atoms with van der Waals surface area (Å²) in [4.78, 5) is 19.2. The number of hydrogen-bond acceptors (Lipinski definition) is 7. The van der Waals surface area contributed by atoms with E-state index in [1.165, 1.54) is 38.5 Å². The number of ether oxygens (including phenoxy) is 2. The van der Waals surface area contributed by atoms with Crippen molar-refractivity contribution in [2.75, 3.05) is 27.3 Å². The third-order valence-corrected chi connectivity index (χ3v) is 5.64. The first kappa shape index (κ1) is 24.8. The predicted molar refractivity (Wildman–Crippen MR) is 116 cm³/mol. The summed E-state index contributed by atoms with van der Waals surface area (Å²) in [6.45, 7) is 7.72. The first-order valence-corrected chi connectivity index (χ1v) is 11.5. The van der Waals surface area contributed by atoms with E-state index < -0.39 is 5.60 Å². The molecule has 0 aliphatic heterocycles. The quantitative estimate of drug-likeness (QED) is 0.450. The van der Waals surface area contributed by atoms with Gasteiger partial charge in [-0.15, -0.1) is 0 Å². The molecule has 1 fully saturated rings. The van der Waals surface area contributed by atoms with Crippen LogP contribution in [0.4, 0.5) is 0 Å². The van der Waals surface area contributed by atoms with E-state index in [1.54, 1.807) is 7.11 Å². The lowest BCUT2D eigenvalue weighted by molar-refractivity contribution is -0.155. The lowest BCUT2D eigenvalue weighted by Gasteiger charge is -2.23. The Morgan fingerprint density at radius 1 is 1.27 bits per heavy atom. The summed E-state index contributed by atoms with van der Waals surface area (Å²) in [5, 5.41) is 4.14. The fraction of sp³-hybridized carbons (Fsp3) is 0.870. The van der Waals surface area contributed by atoms with Crippen molar-refractivity contribution in [1.82, 2.24) is 15.0 Å². The summed E-state index contributed by atoms with van der Waals surface area (Å²) in [6.07, 6.45) is 10.2. The van der Waals surface area contributed by atoms with Crippen LogP contribution in [0.15, 0.2) is 4.52 Å². The molecule has 0 saturated heterocycles. The van der Waals surface area contributed by atoms with Gasteiger partial charge in [0, 0.05) is 19.6 Å². The second-order valence-corrected chi connectivity index (χ2v) is 9.70. The van der Waals surface area contributed by atoms with E-state index in [1.807, 2.05) is 27.8 Å². The molecule has 1 aromatic rings. The predicted octanol–water partition coefficient (Wildman–Crippen LogP) is 4.71. The van der Waals surface area contributed by atoms with Crippen molar-refractivity contribution in [2.45, 2.75) is 96.6 Å². The molecule has 0 amide bonds. The van der Waals surface area contributed by atoms with Crippen LogP contribution in [0.25, 0.3) is 0 Å². The van der Waals surface area contributed by atoms with Crippen molar-refractivity contribution in [3.05, 3.63) is 11.7 Å². The molecule has 1 saturated carbocycles. The summed E-state index contributed by atoms with van der Waals surface area (Å²) in [5.74, 6) is 1.73. The molecule has 30 heavy (non-hydrogen) atoms. The van der Waals surface area contributed by atoms with Crippen LogP contribution in [-0.2, 0) is 20.8 Å². The van der Waals surface area contributed by atoms with Crippen molar-refractivity contribution in [3.8, 4) is 0 Å². The monoisotopic (exact) mass is 423 g/mol. The molecule has 2 rings (SSSR count). The number of esters is 1. The Morgan fingerprint density at radius 2 is 2.00 bits per heavy atom. The number of methoxy groups -OCH3 is 1.